The number of nitriles is 1. The first-order valence-corrected chi connectivity index (χ1v) is 11.1. The topological polar surface area (TPSA) is 82.4 Å². The summed E-state index contributed by atoms with van der Waals surface area (Å²) in [5.41, 5.74) is 2.82. The van der Waals surface area contributed by atoms with Crippen molar-refractivity contribution in [3.8, 4) is 11.8 Å². The molecular weight excluding hydrogens is 506 g/mol. The fraction of sp³-hybridized carbons (Fsp3) is 0.0800. The van der Waals surface area contributed by atoms with Gasteiger partial charge in [0, 0.05) is 20.6 Å². The molecule has 0 unspecified atom stereocenters. The van der Waals surface area contributed by atoms with E-state index < -0.39 is 11.9 Å². The Bertz CT molecular complexity index is 1300. The Hall–Kier alpha value is -3.60. The number of carbonyl (C=O) groups is 2. The average molecular weight is 523 g/mol. The monoisotopic (exact) mass is 521 g/mol. The fourth-order valence-corrected chi connectivity index (χ4v) is 3.82. The van der Waals surface area contributed by atoms with Crippen molar-refractivity contribution in [3.05, 3.63) is 104 Å². The lowest BCUT2D eigenvalue weighted by Gasteiger charge is -2.12. The zero-order chi connectivity index (χ0) is 23.4. The number of carbonyl (C=O) groups excluding carboxylic acids is 2. The van der Waals surface area contributed by atoms with Crippen molar-refractivity contribution in [2.24, 2.45) is 0 Å². The third-order valence-corrected chi connectivity index (χ3v) is 5.75. The minimum atomic E-state index is -0.499. The molecular formula is C25H17BrClN3O3. The maximum atomic E-state index is 12.9. The maximum Gasteiger partial charge on any atom is 0.329 e. The molecule has 0 saturated carbocycles. The summed E-state index contributed by atoms with van der Waals surface area (Å²) in [6, 6.07) is 21.2. The van der Waals surface area contributed by atoms with E-state index in [1.807, 2.05) is 18.2 Å². The molecule has 8 heteroatoms. The molecule has 0 aromatic heterocycles. The van der Waals surface area contributed by atoms with Gasteiger partial charge < -0.3 is 10.1 Å². The maximum absolute atomic E-state index is 12.9. The number of amides is 3. The molecule has 6 nitrogen and oxygen atoms in total. The smallest absolute Gasteiger partial charge is 0.329 e. The minimum absolute atomic E-state index is 0.131. The molecule has 0 spiro atoms. The lowest BCUT2D eigenvalue weighted by atomic mass is 10.1. The van der Waals surface area contributed by atoms with Gasteiger partial charge in [0.05, 0.1) is 18.2 Å². The fourth-order valence-electron chi connectivity index (χ4n) is 3.32. The molecule has 1 saturated heterocycles. The molecule has 3 amide bonds. The number of benzene rings is 3. The molecule has 1 heterocycles. The predicted octanol–water partition coefficient (Wildman–Crippen LogP) is 5.65. The Morgan fingerprint density at radius 3 is 2.61 bits per heavy atom. The van der Waals surface area contributed by atoms with Gasteiger partial charge in [-0.1, -0.05) is 57.9 Å². The Labute approximate surface area is 204 Å². The number of urea groups is 1. The second-order valence-corrected chi connectivity index (χ2v) is 8.60. The van der Waals surface area contributed by atoms with Crippen LogP contribution in [0.25, 0.3) is 6.08 Å². The third kappa shape index (κ3) is 5.25. The van der Waals surface area contributed by atoms with Gasteiger partial charge >= 0.3 is 6.03 Å². The van der Waals surface area contributed by atoms with E-state index >= 15 is 0 Å². The number of rotatable bonds is 6. The van der Waals surface area contributed by atoms with Crippen LogP contribution < -0.4 is 10.1 Å². The number of hydrogen-bond donors (Lipinski definition) is 1. The number of nitrogens with one attached hydrogen (secondary N) is 1. The molecule has 0 bridgehead atoms. The summed E-state index contributed by atoms with van der Waals surface area (Å²) in [5, 5.41) is 12.5. The van der Waals surface area contributed by atoms with Crippen LogP contribution in [0.3, 0.4) is 0 Å². The van der Waals surface area contributed by atoms with Crippen LogP contribution in [-0.2, 0) is 17.9 Å². The molecule has 164 valence electrons. The van der Waals surface area contributed by atoms with Crippen LogP contribution in [0.15, 0.2) is 76.9 Å². The van der Waals surface area contributed by atoms with Crippen LogP contribution in [-0.4, -0.2) is 16.8 Å². The lowest BCUT2D eigenvalue weighted by Crippen LogP contribution is -2.30. The van der Waals surface area contributed by atoms with E-state index in [0.29, 0.717) is 21.9 Å². The average Bonchev–Trinajstić information content (AvgIpc) is 3.07. The van der Waals surface area contributed by atoms with E-state index in [4.69, 9.17) is 16.3 Å². The summed E-state index contributed by atoms with van der Waals surface area (Å²) in [5.74, 6) is 0.0762. The van der Waals surface area contributed by atoms with Crippen LogP contribution in [0.4, 0.5) is 4.79 Å². The Balaban J connectivity index is 1.56. The van der Waals surface area contributed by atoms with Crippen LogP contribution in [0.2, 0.25) is 5.02 Å². The number of ether oxygens (including phenoxy) is 1. The van der Waals surface area contributed by atoms with Gasteiger partial charge in [-0.05, 0) is 48.0 Å². The van der Waals surface area contributed by atoms with E-state index in [0.717, 1.165) is 20.5 Å². The summed E-state index contributed by atoms with van der Waals surface area (Å²) in [4.78, 5) is 26.5. The number of halogens is 2. The lowest BCUT2D eigenvalue weighted by molar-refractivity contribution is -0.123. The molecule has 33 heavy (non-hydrogen) atoms. The summed E-state index contributed by atoms with van der Waals surface area (Å²) in [7, 11) is 0. The Kier molecular flexibility index (Phi) is 6.78. The van der Waals surface area contributed by atoms with Gasteiger partial charge in [-0.3, -0.25) is 9.69 Å². The molecule has 1 aliphatic heterocycles. The summed E-state index contributed by atoms with van der Waals surface area (Å²) >= 11 is 9.34. The highest BCUT2D eigenvalue weighted by Gasteiger charge is 2.33. The first kappa shape index (κ1) is 22.6. The SMILES string of the molecule is N#Cc1ccccc1COc1ccc(Br)cc1/C=C1\NC(=O)N(Cc2ccc(Cl)cc2)C1=O. The molecule has 0 atom stereocenters. The molecule has 3 aromatic rings. The van der Waals surface area contributed by atoms with Crippen molar-refractivity contribution in [1.29, 1.82) is 5.26 Å². The molecule has 1 aliphatic rings. The molecule has 1 fully saturated rings. The van der Waals surface area contributed by atoms with Crippen molar-refractivity contribution in [1.82, 2.24) is 10.2 Å². The van der Waals surface area contributed by atoms with Crippen molar-refractivity contribution >= 4 is 45.5 Å². The van der Waals surface area contributed by atoms with E-state index in [9.17, 15) is 14.9 Å². The Morgan fingerprint density at radius 2 is 1.85 bits per heavy atom. The van der Waals surface area contributed by atoms with E-state index in [2.05, 4.69) is 27.3 Å². The second-order valence-electron chi connectivity index (χ2n) is 7.25. The van der Waals surface area contributed by atoms with Crippen LogP contribution >= 0.6 is 27.5 Å². The summed E-state index contributed by atoms with van der Waals surface area (Å²) < 4.78 is 6.75. The van der Waals surface area contributed by atoms with Crippen molar-refractivity contribution in [3.63, 3.8) is 0 Å². The highest BCUT2D eigenvalue weighted by molar-refractivity contribution is 9.10. The van der Waals surface area contributed by atoms with Crippen molar-refractivity contribution in [2.75, 3.05) is 0 Å². The normalized spacial score (nSPS) is 14.3. The van der Waals surface area contributed by atoms with Gasteiger partial charge in [-0.2, -0.15) is 5.26 Å². The Morgan fingerprint density at radius 1 is 1.09 bits per heavy atom. The largest absolute Gasteiger partial charge is 0.488 e. The van der Waals surface area contributed by atoms with E-state index in [1.54, 1.807) is 54.6 Å². The van der Waals surface area contributed by atoms with Gasteiger partial charge in [0.25, 0.3) is 5.91 Å². The molecule has 4 rings (SSSR count). The zero-order valence-corrected chi connectivity index (χ0v) is 19.6. The van der Waals surface area contributed by atoms with Gasteiger partial charge in [0.1, 0.15) is 18.1 Å². The zero-order valence-electron chi connectivity index (χ0n) is 17.2. The quantitative estimate of drug-likeness (QED) is 0.335. The second kappa shape index (κ2) is 9.90. The first-order chi connectivity index (χ1) is 15.9. The highest BCUT2D eigenvalue weighted by atomic mass is 79.9. The minimum Gasteiger partial charge on any atom is -0.488 e. The van der Waals surface area contributed by atoms with E-state index in [-0.39, 0.29) is 18.8 Å². The van der Waals surface area contributed by atoms with Gasteiger partial charge in [-0.25, -0.2) is 4.79 Å². The third-order valence-electron chi connectivity index (χ3n) is 5.01. The number of imide groups is 1. The molecule has 0 aliphatic carbocycles. The number of nitrogens with zero attached hydrogens (tertiary/aromatic N) is 2. The molecule has 3 aromatic carbocycles. The predicted molar refractivity (Wildman–Crippen MR) is 128 cm³/mol. The molecule has 1 N–H and O–H groups in total. The summed E-state index contributed by atoms with van der Waals surface area (Å²) in [6.07, 6.45) is 1.58. The van der Waals surface area contributed by atoms with Crippen molar-refractivity contribution < 1.29 is 14.3 Å². The molecule has 0 radical (unpaired) electrons. The van der Waals surface area contributed by atoms with Crippen LogP contribution in [0, 0.1) is 11.3 Å². The van der Waals surface area contributed by atoms with Gasteiger partial charge in [0.2, 0.25) is 0 Å². The first-order valence-electron chi connectivity index (χ1n) is 9.94. The van der Waals surface area contributed by atoms with Crippen molar-refractivity contribution in [2.45, 2.75) is 13.2 Å². The van der Waals surface area contributed by atoms with Gasteiger partial charge in [0.15, 0.2) is 0 Å². The summed E-state index contributed by atoms with van der Waals surface area (Å²) in [6.45, 7) is 0.316. The van der Waals surface area contributed by atoms with Crippen LogP contribution in [0.1, 0.15) is 22.3 Å². The standard InChI is InChI=1S/C25H17BrClN3O3/c26-20-7-10-23(33-15-18-4-2-1-3-17(18)13-28)19(11-20)12-22-24(31)30(25(32)29-22)14-16-5-8-21(27)9-6-16/h1-12H,14-15H2,(H,29,32)/b22-12-. The van der Waals surface area contributed by atoms with Crippen LogP contribution in [0.5, 0.6) is 5.75 Å². The number of hydrogen-bond acceptors (Lipinski definition) is 4. The van der Waals surface area contributed by atoms with E-state index in [1.165, 1.54) is 0 Å². The highest BCUT2D eigenvalue weighted by Crippen LogP contribution is 2.28. The van der Waals surface area contributed by atoms with Gasteiger partial charge in [-0.15, -0.1) is 0 Å².